The van der Waals surface area contributed by atoms with Crippen LogP contribution >= 0.6 is 23.4 Å². The van der Waals surface area contributed by atoms with Crippen LogP contribution in [0.3, 0.4) is 0 Å². The molecule has 7 nitrogen and oxygen atoms in total. The van der Waals surface area contributed by atoms with Crippen LogP contribution in [-0.4, -0.2) is 27.6 Å². The Balaban J connectivity index is 1.73. The number of rotatable bonds is 5. The quantitative estimate of drug-likeness (QED) is 0.464. The molecule has 1 aliphatic rings. The van der Waals surface area contributed by atoms with E-state index in [1.54, 1.807) is 36.4 Å². The molecule has 0 bridgehead atoms. The number of nitrogens with one attached hydrogen (secondary N) is 1. The van der Waals surface area contributed by atoms with Gasteiger partial charge in [0.05, 0.1) is 16.5 Å². The molecule has 1 fully saturated rings. The summed E-state index contributed by atoms with van der Waals surface area (Å²) in [6.07, 6.45) is 1.57. The number of imide groups is 1. The second-order valence-corrected chi connectivity index (χ2v) is 6.67. The summed E-state index contributed by atoms with van der Waals surface area (Å²) in [5.41, 5.74) is 1.00. The van der Waals surface area contributed by atoms with E-state index >= 15 is 0 Å². The van der Waals surface area contributed by atoms with Crippen LogP contribution in [0.2, 0.25) is 5.02 Å². The van der Waals surface area contributed by atoms with Crippen LogP contribution in [0.15, 0.2) is 53.4 Å². The van der Waals surface area contributed by atoms with Crippen molar-refractivity contribution in [1.82, 2.24) is 4.90 Å². The van der Waals surface area contributed by atoms with Gasteiger partial charge in [0.15, 0.2) is 0 Å². The van der Waals surface area contributed by atoms with Crippen LogP contribution in [0.5, 0.6) is 0 Å². The molecule has 0 atom stereocenters. The summed E-state index contributed by atoms with van der Waals surface area (Å²) in [6, 6.07) is 12.8. The van der Waals surface area contributed by atoms with Crippen molar-refractivity contribution in [1.29, 1.82) is 0 Å². The summed E-state index contributed by atoms with van der Waals surface area (Å²) >= 11 is 6.89. The smallest absolute Gasteiger partial charge is 0.295 e. The molecule has 0 saturated carbocycles. The molecule has 26 heavy (non-hydrogen) atoms. The Morgan fingerprint density at radius 2 is 1.96 bits per heavy atom. The third-order valence-electron chi connectivity index (χ3n) is 3.56. The first-order valence-corrected chi connectivity index (χ1v) is 8.63. The van der Waals surface area contributed by atoms with Gasteiger partial charge in [-0.15, -0.1) is 0 Å². The van der Waals surface area contributed by atoms with E-state index < -0.39 is 16.1 Å². The molecular weight excluding hydrogens is 378 g/mol. The molecule has 2 amide bonds. The monoisotopic (exact) mass is 389 g/mol. The largest absolute Gasteiger partial charge is 0.367 e. The van der Waals surface area contributed by atoms with Crippen LogP contribution < -0.4 is 5.32 Å². The van der Waals surface area contributed by atoms with E-state index in [-0.39, 0.29) is 17.3 Å². The Labute approximate surface area is 157 Å². The number of benzene rings is 2. The lowest BCUT2D eigenvalue weighted by Crippen LogP contribution is -2.33. The van der Waals surface area contributed by atoms with Gasteiger partial charge in [-0.25, -0.2) is 0 Å². The molecule has 2 aromatic carbocycles. The molecule has 1 heterocycles. The number of amides is 2. The fraction of sp³-hybridized carbons (Fsp3) is 0.0588. The van der Waals surface area contributed by atoms with Crippen molar-refractivity contribution in [2.45, 2.75) is 0 Å². The maximum atomic E-state index is 12.5. The third-order valence-corrected chi connectivity index (χ3v) is 4.82. The molecule has 0 unspecified atom stereocenters. The normalized spacial score (nSPS) is 15.6. The predicted molar refractivity (Wildman–Crippen MR) is 101 cm³/mol. The number of non-ortho nitro benzene ring substituents is 1. The zero-order valence-corrected chi connectivity index (χ0v) is 14.8. The zero-order chi connectivity index (χ0) is 18.7. The van der Waals surface area contributed by atoms with Crippen LogP contribution in [0.4, 0.5) is 16.2 Å². The standard InChI is InChI=1S/C17H12ClN3O4S/c18-14-7-2-1-4-11(14)8-15-16(22)20(17(23)26-15)10-19-12-5-3-6-13(9-12)21(24)25/h1-9,19H,10H2. The molecule has 9 heteroatoms. The lowest BCUT2D eigenvalue weighted by Gasteiger charge is -2.14. The number of nitro benzene ring substituents is 1. The van der Waals surface area contributed by atoms with E-state index in [2.05, 4.69) is 5.32 Å². The average Bonchev–Trinajstić information content (AvgIpc) is 2.89. The van der Waals surface area contributed by atoms with Gasteiger partial charge in [0.1, 0.15) is 0 Å². The Bertz CT molecular complexity index is 932. The molecule has 1 saturated heterocycles. The van der Waals surface area contributed by atoms with Crippen molar-refractivity contribution >= 4 is 52.0 Å². The second kappa shape index (κ2) is 7.59. The van der Waals surface area contributed by atoms with Crippen molar-refractivity contribution in [3.05, 3.63) is 74.1 Å². The van der Waals surface area contributed by atoms with Gasteiger partial charge in [-0.1, -0.05) is 35.9 Å². The first-order chi connectivity index (χ1) is 12.5. The number of carbonyl (C=O) groups is 2. The van der Waals surface area contributed by atoms with Crippen LogP contribution in [0.25, 0.3) is 6.08 Å². The highest BCUT2D eigenvalue weighted by Gasteiger charge is 2.34. The molecule has 0 aromatic heterocycles. The van der Waals surface area contributed by atoms with Gasteiger partial charge in [-0.2, -0.15) is 0 Å². The fourth-order valence-electron chi connectivity index (χ4n) is 2.27. The van der Waals surface area contributed by atoms with E-state index in [1.165, 1.54) is 18.2 Å². The van der Waals surface area contributed by atoms with Gasteiger partial charge in [0.2, 0.25) is 0 Å². The molecule has 132 valence electrons. The van der Waals surface area contributed by atoms with Gasteiger partial charge in [-0.3, -0.25) is 24.6 Å². The minimum absolute atomic E-state index is 0.0808. The molecule has 0 aliphatic carbocycles. The molecular formula is C17H12ClN3O4S. The Hall–Kier alpha value is -2.84. The van der Waals surface area contributed by atoms with Crippen molar-refractivity contribution in [2.24, 2.45) is 0 Å². The minimum Gasteiger partial charge on any atom is -0.367 e. The number of carbonyl (C=O) groups excluding carboxylic acids is 2. The van der Waals surface area contributed by atoms with Crippen LogP contribution in [-0.2, 0) is 4.79 Å². The summed E-state index contributed by atoms with van der Waals surface area (Å²) in [5, 5.41) is 13.7. The van der Waals surface area contributed by atoms with Crippen molar-refractivity contribution < 1.29 is 14.5 Å². The van der Waals surface area contributed by atoms with Gasteiger partial charge < -0.3 is 5.32 Å². The van der Waals surface area contributed by atoms with Crippen LogP contribution in [0.1, 0.15) is 5.56 Å². The molecule has 1 N–H and O–H groups in total. The summed E-state index contributed by atoms with van der Waals surface area (Å²) in [4.78, 5) is 36.1. The van der Waals surface area contributed by atoms with E-state index in [4.69, 9.17) is 11.6 Å². The highest BCUT2D eigenvalue weighted by Crippen LogP contribution is 2.33. The maximum Gasteiger partial charge on any atom is 0.295 e. The number of halogens is 1. The van der Waals surface area contributed by atoms with Crippen molar-refractivity contribution in [3.63, 3.8) is 0 Å². The summed E-state index contributed by atoms with van der Waals surface area (Å²) < 4.78 is 0. The number of anilines is 1. The second-order valence-electron chi connectivity index (χ2n) is 5.27. The number of nitrogens with zero attached hydrogens (tertiary/aromatic N) is 2. The van der Waals surface area contributed by atoms with Gasteiger partial charge in [0.25, 0.3) is 16.8 Å². The molecule has 3 rings (SSSR count). The van der Waals surface area contributed by atoms with Gasteiger partial charge >= 0.3 is 0 Å². The summed E-state index contributed by atoms with van der Waals surface area (Å²) in [5.74, 6) is -0.446. The highest BCUT2D eigenvalue weighted by molar-refractivity contribution is 8.18. The molecule has 1 aliphatic heterocycles. The Morgan fingerprint density at radius 3 is 2.69 bits per heavy atom. The van der Waals surface area contributed by atoms with Crippen molar-refractivity contribution in [3.8, 4) is 0 Å². The van der Waals surface area contributed by atoms with E-state index in [0.29, 0.717) is 16.3 Å². The van der Waals surface area contributed by atoms with Crippen LogP contribution in [0, 0.1) is 10.1 Å². The maximum absolute atomic E-state index is 12.5. The Kier molecular flexibility index (Phi) is 5.24. The third kappa shape index (κ3) is 3.87. The minimum atomic E-state index is -0.516. The number of thioether (sulfide) groups is 1. The Morgan fingerprint density at radius 1 is 1.19 bits per heavy atom. The van der Waals surface area contributed by atoms with Gasteiger partial charge in [-0.05, 0) is 35.5 Å². The van der Waals surface area contributed by atoms with E-state index in [9.17, 15) is 19.7 Å². The van der Waals surface area contributed by atoms with E-state index in [0.717, 1.165) is 16.7 Å². The predicted octanol–water partition coefficient (Wildman–Crippen LogP) is 4.35. The first-order valence-electron chi connectivity index (χ1n) is 7.44. The molecule has 2 aromatic rings. The molecule has 0 radical (unpaired) electrons. The lowest BCUT2D eigenvalue weighted by molar-refractivity contribution is -0.384. The number of nitro groups is 1. The average molecular weight is 390 g/mol. The fourth-order valence-corrected chi connectivity index (χ4v) is 3.29. The van der Waals surface area contributed by atoms with Gasteiger partial charge in [0, 0.05) is 22.8 Å². The SMILES string of the molecule is O=C1SC(=Cc2ccccc2Cl)C(=O)N1CNc1cccc([N+](=O)[O-])c1. The highest BCUT2D eigenvalue weighted by atomic mass is 35.5. The first kappa shape index (κ1) is 18.0. The topological polar surface area (TPSA) is 92.6 Å². The number of hydrogen-bond donors (Lipinski definition) is 1. The summed E-state index contributed by atoms with van der Waals surface area (Å²) in [7, 11) is 0. The zero-order valence-electron chi connectivity index (χ0n) is 13.2. The van der Waals surface area contributed by atoms with E-state index in [1.807, 2.05) is 0 Å². The number of hydrogen-bond acceptors (Lipinski definition) is 6. The summed E-state index contributed by atoms with van der Waals surface area (Å²) in [6.45, 7) is -0.0916. The lowest BCUT2D eigenvalue weighted by atomic mass is 10.2. The molecule has 0 spiro atoms. The van der Waals surface area contributed by atoms with Crippen molar-refractivity contribution in [2.75, 3.05) is 12.0 Å².